The van der Waals surface area contributed by atoms with E-state index < -0.39 is 0 Å². The lowest BCUT2D eigenvalue weighted by Crippen LogP contribution is -2.33. The Labute approximate surface area is 147 Å². The van der Waals surface area contributed by atoms with Gasteiger partial charge in [-0.25, -0.2) is 0 Å². The number of likely N-dealkylation sites (tertiary alicyclic amines) is 1. The van der Waals surface area contributed by atoms with Crippen LogP contribution in [0.1, 0.15) is 42.3 Å². The van der Waals surface area contributed by atoms with Crippen molar-refractivity contribution < 1.29 is 4.42 Å². The highest BCUT2D eigenvalue weighted by Gasteiger charge is 2.28. The molecule has 5 heteroatoms. The average molecular weight is 334 g/mol. The van der Waals surface area contributed by atoms with Crippen molar-refractivity contribution in [1.82, 2.24) is 20.1 Å². The molecule has 1 aliphatic rings. The van der Waals surface area contributed by atoms with Crippen LogP contribution in [0, 0.1) is 6.92 Å². The monoisotopic (exact) mass is 334 g/mol. The Kier molecular flexibility index (Phi) is 4.57. The molecule has 0 aliphatic carbocycles. The summed E-state index contributed by atoms with van der Waals surface area (Å²) >= 11 is 0. The van der Waals surface area contributed by atoms with Crippen LogP contribution in [-0.2, 0) is 6.54 Å². The van der Waals surface area contributed by atoms with Gasteiger partial charge in [0.25, 0.3) is 5.89 Å². The molecule has 5 nitrogen and oxygen atoms in total. The zero-order chi connectivity index (χ0) is 17.1. The SMILES string of the molecule is Cc1cccc(CN2CCCCC2c2nnc(-c3ccccn3)o2)c1. The lowest BCUT2D eigenvalue weighted by Gasteiger charge is -2.33. The summed E-state index contributed by atoms with van der Waals surface area (Å²) in [5.74, 6) is 1.20. The maximum atomic E-state index is 5.97. The highest BCUT2D eigenvalue weighted by molar-refractivity contribution is 5.45. The first-order valence-corrected chi connectivity index (χ1v) is 8.84. The molecule has 1 aromatic carbocycles. The molecule has 4 rings (SSSR count). The minimum atomic E-state index is 0.180. The van der Waals surface area contributed by atoms with Crippen LogP contribution in [0.2, 0.25) is 0 Å². The lowest BCUT2D eigenvalue weighted by atomic mass is 10.0. The average Bonchev–Trinajstić information content (AvgIpc) is 3.13. The summed E-state index contributed by atoms with van der Waals surface area (Å²) in [6, 6.07) is 14.6. The number of aryl methyl sites for hydroxylation is 1. The van der Waals surface area contributed by atoms with Gasteiger partial charge in [-0.2, -0.15) is 0 Å². The van der Waals surface area contributed by atoms with Crippen molar-refractivity contribution in [3.8, 4) is 11.6 Å². The third-order valence-electron chi connectivity index (χ3n) is 4.69. The molecule has 1 atom stereocenters. The standard InChI is InChI=1S/C20H22N4O/c1-15-7-6-8-16(13-15)14-24-12-5-3-10-18(24)20-23-22-19(25-20)17-9-2-4-11-21-17/h2,4,6-9,11,13,18H,3,5,10,12,14H2,1H3. The zero-order valence-electron chi connectivity index (χ0n) is 14.4. The van der Waals surface area contributed by atoms with Gasteiger partial charge in [0.2, 0.25) is 5.89 Å². The molecule has 1 unspecified atom stereocenters. The largest absolute Gasteiger partial charge is 0.418 e. The Morgan fingerprint density at radius 2 is 2.08 bits per heavy atom. The molecule has 3 heterocycles. The van der Waals surface area contributed by atoms with Crippen LogP contribution in [0.3, 0.4) is 0 Å². The van der Waals surface area contributed by atoms with Crippen LogP contribution in [0.15, 0.2) is 53.1 Å². The van der Waals surface area contributed by atoms with Crippen molar-refractivity contribution in [1.29, 1.82) is 0 Å². The van der Waals surface area contributed by atoms with Gasteiger partial charge in [0.15, 0.2) is 0 Å². The van der Waals surface area contributed by atoms with Crippen LogP contribution in [0.25, 0.3) is 11.6 Å². The summed E-state index contributed by atoms with van der Waals surface area (Å²) in [6.07, 6.45) is 5.19. The summed E-state index contributed by atoms with van der Waals surface area (Å²) in [5, 5.41) is 8.54. The Morgan fingerprint density at radius 3 is 2.92 bits per heavy atom. The summed E-state index contributed by atoms with van der Waals surface area (Å²) in [5.41, 5.74) is 3.35. The third kappa shape index (κ3) is 3.61. The molecule has 2 aromatic heterocycles. The number of piperidine rings is 1. The molecular formula is C20H22N4O. The zero-order valence-corrected chi connectivity index (χ0v) is 14.4. The van der Waals surface area contributed by atoms with Gasteiger partial charge in [0.05, 0.1) is 6.04 Å². The van der Waals surface area contributed by atoms with Gasteiger partial charge in [0.1, 0.15) is 5.69 Å². The Morgan fingerprint density at radius 1 is 1.12 bits per heavy atom. The number of hydrogen-bond donors (Lipinski definition) is 0. The maximum absolute atomic E-state index is 5.97. The Hall–Kier alpha value is -2.53. The van der Waals surface area contributed by atoms with E-state index in [4.69, 9.17) is 4.42 Å². The Bertz CT molecular complexity index is 830. The Balaban J connectivity index is 1.56. The van der Waals surface area contributed by atoms with E-state index in [1.165, 1.54) is 24.0 Å². The molecule has 1 saturated heterocycles. The smallest absolute Gasteiger partial charge is 0.266 e. The van der Waals surface area contributed by atoms with Gasteiger partial charge >= 0.3 is 0 Å². The predicted molar refractivity (Wildman–Crippen MR) is 95.7 cm³/mol. The highest BCUT2D eigenvalue weighted by Crippen LogP contribution is 2.32. The number of nitrogens with zero attached hydrogens (tertiary/aromatic N) is 4. The second kappa shape index (κ2) is 7.15. The molecule has 0 bridgehead atoms. The van der Waals surface area contributed by atoms with E-state index in [1.807, 2.05) is 18.2 Å². The van der Waals surface area contributed by atoms with E-state index >= 15 is 0 Å². The minimum Gasteiger partial charge on any atom is -0.418 e. The summed E-state index contributed by atoms with van der Waals surface area (Å²) < 4.78 is 5.97. The minimum absolute atomic E-state index is 0.180. The fraction of sp³-hybridized carbons (Fsp3) is 0.350. The lowest BCUT2D eigenvalue weighted by molar-refractivity contribution is 0.118. The van der Waals surface area contributed by atoms with E-state index in [0.717, 1.165) is 25.2 Å². The van der Waals surface area contributed by atoms with Crippen molar-refractivity contribution in [3.63, 3.8) is 0 Å². The first kappa shape index (κ1) is 16.0. The first-order chi connectivity index (χ1) is 12.3. The highest BCUT2D eigenvalue weighted by atomic mass is 16.4. The van der Waals surface area contributed by atoms with Crippen molar-refractivity contribution in [2.45, 2.75) is 38.8 Å². The van der Waals surface area contributed by atoms with Gasteiger partial charge < -0.3 is 4.42 Å². The summed E-state index contributed by atoms with van der Waals surface area (Å²) in [6.45, 7) is 4.10. The van der Waals surface area contributed by atoms with E-state index in [2.05, 4.69) is 51.3 Å². The molecule has 0 saturated carbocycles. The molecule has 1 fully saturated rings. The predicted octanol–water partition coefficient (Wildman–Crippen LogP) is 4.17. The third-order valence-corrected chi connectivity index (χ3v) is 4.69. The first-order valence-electron chi connectivity index (χ1n) is 8.84. The number of benzene rings is 1. The van der Waals surface area contributed by atoms with Gasteiger partial charge in [-0.15, -0.1) is 10.2 Å². The molecule has 0 radical (unpaired) electrons. The molecule has 0 N–H and O–H groups in total. The second-order valence-corrected chi connectivity index (χ2v) is 6.63. The van der Waals surface area contributed by atoms with Gasteiger partial charge in [-0.05, 0) is 44.0 Å². The van der Waals surface area contributed by atoms with Crippen molar-refractivity contribution in [2.24, 2.45) is 0 Å². The number of pyridine rings is 1. The summed E-state index contributed by atoms with van der Waals surface area (Å²) in [7, 11) is 0. The van der Waals surface area contributed by atoms with Crippen LogP contribution < -0.4 is 0 Å². The fourth-order valence-electron chi connectivity index (χ4n) is 3.47. The molecule has 0 amide bonds. The fourth-order valence-corrected chi connectivity index (χ4v) is 3.47. The quantitative estimate of drug-likeness (QED) is 0.717. The number of aromatic nitrogens is 3. The molecule has 0 spiro atoms. The van der Waals surface area contributed by atoms with Gasteiger partial charge in [-0.1, -0.05) is 42.3 Å². The molecule has 1 aliphatic heterocycles. The topological polar surface area (TPSA) is 55.1 Å². The van der Waals surface area contributed by atoms with Crippen LogP contribution in [0.4, 0.5) is 0 Å². The van der Waals surface area contributed by atoms with E-state index in [-0.39, 0.29) is 6.04 Å². The molecule has 3 aromatic rings. The maximum Gasteiger partial charge on any atom is 0.266 e. The van der Waals surface area contributed by atoms with Crippen molar-refractivity contribution in [3.05, 3.63) is 65.7 Å². The summed E-state index contributed by atoms with van der Waals surface area (Å²) in [4.78, 5) is 6.75. The van der Waals surface area contributed by atoms with E-state index in [1.54, 1.807) is 6.20 Å². The van der Waals surface area contributed by atoms with Gasteiger partial charge in [-0.3, -0.25) is 9.88 Å². The number of hydrogen-bond acceptors (Lipinski definition) is 5. The molecule has 25 heavy (non-hydrogen) atoms. The van der Waals surface area contributed by atoms with Crippen LogP contribution >= 0.6 is 0 Å². The molecular weight excluding hydrogens is 312 g/mol. The normalized spacial score (nSPS) is 18.4. The molecule has 128 valence electrons. The van der Waals surface area contributed by atoms with E-state index in [9.17, 15) is 0 Å². The van der Waals surface area contributed by atoms with Crippen LogP contribution in [-0.4, -0.2) is 26.6 Å². The van der Waals surface area contributed by atoms with Crippen molar-refractivity contribution >= 4 is 0 Å². The van der Waals surface area contributed by atoms with Gasteiger partial charge in [0, 0.05) is 12.7 Å². The second-order valence-electron chi connectivity index (χ2n) is 6.63. The van der Waals surface area contributed by atoms with Crippen molar-refractivity contribution in [2.75, 3.05) is 6.54 Å². The number of rotatable bonds is 4. The van der Waals surface area contributed by atoms with Crippen LogP contribution in [0.5, 0.6) is 0 Å². The van der Waals surface area contributed by atoms with E-state index in [0.29, 0.717) is 11.8 Å².